The van der Waals surface area contributed by atoms with Crippen molar-refractivity contribution in [2.75, 3.05) is 11.5 Å². The molecule has 4 heteroatoms. The number of pyridine rings is 2. The lowest BCUT2D eigenvalue weighted by Crippen LogP contribution is -2.03. The molecule has 0 bridgehead atoms. The van der Waals surface area contributed by atoms with E-state index >= 15 is 0 Å². The Balaban J connectivity index is 1.82. The van der Waals surface area contributed by atoms with E-state index in [9.17, 15) is 0 Å². The number of hydrogen-bond donors (Lipinski definition) is 0. The van der Waals surface area contributed by atoms with Crippen molar-refractivity contribution in [2.45, 2.75) is 35.7 Å². The topological polar surface area (TPSA) is 25.8 Å². The van der Waals surface area contributed by atoms with Gasteiger partial charge in [-0.15, -0.1) is 23.5 Å². The van der Waals surface area contributed by atoms with E-state index in [-0.39, 0.29) is 0 Å². The van der Waals surface area contributed by atoms with Gasteiger partial charge in [-0.25, -0.2) is 9.97 Å². The number of aryl methyl sites for hydroxylation is 2. The molecule has 0 fully saturated rings. The molecule has 2 aliphatic heterocycles. The lowest BCUT2D eigenvalue weighted by atomic mass is 10.0. The van der Waals surface area contributed by atoms with Gasteiger partial charge in [-0.2, -0.15) is 0 Å². The zero-order valence-electron chi connectivity index (χ0n) is 12.3. The van der Waals surface area contributed by atoms with Crippen LogP contribution < -0.4 is 0 Å². The molecule has 2 aliphatic rings. The van der Waals surface area contributed by atoms with Crippen LogP contribution >= 0.6 is 23.5 Å². The molecule has 0 radical (unpaired) electrons. The molecule has 1 aromatic carbocycles. The van der Waals surface area contributed by atoms with Crippen LogP contribution in [0.25, 0.3) is 21.8 Å². The van der Waals surface area contributed by atoms with E-state index < -0.39 is 0 Å². The van der Waals surface area contributed by atoms with Gasteiger partial charge in [-0.1, -0.05) is 12.1 Å². The Labute approximate surface area is 138 Å². The minimum absolute atomic E-state index is 1.08. The van der Waals surface area contributed by atoms with E-state index in [2.05, 4.69) is 24.3 Å². The number of benzene rings is 1. The van der Waals surface area contributed by atoms with Gasteiger partial charge in [0.1, 0.15) is 10.1 Å². The van der Waals surface area contributed by atoms with Crippen LogP contribution in [0.5, 0.6) is 0 Å². The number of hydrogen-bond acceptors (Lipinski definition) is 4. The minimum Gasteiger partial charge on any atom is -0.239 e. The van der Waals surface area contributed by atoms with Crippen LogP contribution in [-0.2, 0) is 12.8 Å². The van der Waals surface area contributed by atoms with Gasteiger partial charge in [0.25, 0.3) is 0 Å². The summed E-state index contributed by atoms with van der Waals surface area (Å²) in [7, 11) is 0. The van der Waals surface area contributed by atoms with Crippen LogP contribution in [0.4, 0.5) is 0 Å². The quantitative estimate of drug-likeness (QED) is 0.552. The molecule has 0 atom stereocenters. The van der Waals surface area contributed by atoms with Crippen LogP contribution in [0.1, 0.15) is 24.0 Å². The smallest absolute Gasteiger partial charge is 0.100 e. The zero-order chi connectivity index (χ0) is 14.5. The maximum absolute atomic E-state index is 4.98. The van der Waals surface area contributed by atoms with Gasteiger partial charge in [0.05, 0.1) is 11.0 Å². The molecule has 0 aliphatic carbocycles. The maximum atomic E-state index is 4.98. The van der Waals surface area contributed by atoms with E-state index in [1.54, 1.807) is 0 Å². The van der Waals surface area contributed by atoms with Gasteiger partial charge >= 0.3 is 0 Å². The molecule has 22 heavy (non-hydrogen) atoms. The highest BCUT2D eigenvalue weighted by Crippen LogP contribution is 2.35. The maximum Gasteiger partial charge on any atom is 0.100 e. The van der Waals surface area contributed by atoms with Crippen LogP contribution in [0.2, 0.25) is 0 Å². The van der Waals surface area contributed by atoms with Crippen molar-refractivity contribution in [1.29, 1.82) is 0 Å². The summed E-state index contributed by atoms with van der Waals surface area (Å²) in [5.74, 6) is 2.38. The molecule has 2 nitrogen and oxygen atoms in total. The molecule has 0 spiro atoms. The molecule has 3 aromatic rings. The van der Waals surface area contributed by atoms with E-state index in [1.807, 2.05) is 23.5 Å². The lowest BCUT2D eigenvalue weighted by Gasteiger charge is -2.17. The van der Waals surface area contributed by atoms with E-state index in [4.69, 9.17) is 9.97 Å². The fourth-order valence-electron chi connectivity index (χ4n) is 3.40. The summed E-state index contributed by atoms with van der Waals surface area (Å²) >= 11 is 3.79. The second-order valence-electron chi connectivity index (χ2n) is 6.02. The van der Waals surface area contributed by atoms with Gasteiger partial charge in [0.2, 0.25) is 0 Å². The fraction of sp³-hybridized carbons (Fsp3) is 0.333. The summed E-state index contributed by atoms with van der Waals surface area (Å²) in [6.45, 7) is 0. The Bertz CT molecular complexity index is 830. The molecule has 0 saturated carbocycles. The molecule has 0 saturated heterocycles. The third kappa shape index (κ3) is 2.04. The molecular formula is C18H16N2S2. The third-order valence-corrected chi connectivity index (χ3v) is 6.75. The summed E-state index contributed by atoms with van der Waals surface area (Å²) in [4.78, 5) is 9.97. The first kappa shape index (κ1) is 13.2. The summed E-state index contributed by atoms with van der Waals surface area (Å²) in [6.07, 6.45) is 4.86. The largest absolute Gasteiger partial charge is 0.239 e. The number of fused-ring (bicyclic) bond motifs is 5. The summed E-state index contributed by atoms with van der Waals surface area (Å²) in [6, 6.07) is 9.09. The number of rotatable bonds is 0. The Kier molecular flexibility index (Phi) is 3.08. The second kappa shape index (κ2) is 5.14. The highest BCUT2D eigenvalue weighted by Gasteiger charge is 2.17. The first-order valence-corrected chi connectivity index (χ1v) is 9.87. The van der Waals surface area contributed by atoms with Crippen molar-refractivity contribution in [3.8, 4) is 0 Å². The van der Waals surface area contributed by atoms with E-state index in [1.165, 1.54) is 56.3 Å². The Hall–Kier alpha value is -1.26. The fourth-order valence-corrected chi connectivity index (χ4v) is 5.36. The van der Waals surface area contributed by atoms with Crippen LogP contribution in [0, 0.1) is 0 Å². The van der Waals surface area contributed by atoms with Gasteiger partial charge in [0, 0.05) is 10.8 Å². The first-order chi connectivity index (χ1) is 10.9. The standard InChI is InChI=1S/C18H16N2S2/c1-3-13-9-11-5-6-12-10-14-4-2-8-22-18(14)20-16(12)15(11)19-17(13)21-7-1/h5-6,9-10H,1-4,7-8H2. The summed E-state index contributed by atoms with van der Waals surface area (Å²) in [5, 5.41) is 4.92. The molecule has 5 rings (SSSR count). The summed E-state index contributed by atoms with van der Waals surface area (Å²) in [5.41, 5.74) is 4.99. The molecule has 4 heterocycles. The van der Waals surface area contributed by atoms with Crippen LogP contribution in [0.3, 0.4) is 0 Å². The predicted octanol–water partition coefficient (Wildman–Crippen LogP) is 4.86. The van der Waals surface area contributed by atoms with Crippen molar-refractivity contribution in [2.24, 2.45) is 0 Å². The van der Waals surface area contributed by atoms with Gasteiger partial charge in [0.15, 0.2) is 0 Å². The molecule has 0 amide bonds. The van der Waals surface area contributed by atoms with Crippen molar-refractivity contribution in [3.63, 3.8) is 0 Å². The Morgan fingerprint density at radius 2 is 1.23 bits per heavy atom. The lowest BCUT2D eigenvalue weighted by molar-refractivity contribution is 0.863. The molecule has 0 N–H and O–H groups in total. The average Bonchev–Trinajstić information content (AvgIpc) is 2.58. The van der Waals surface area contributed by atoms with Crippen molar-refractivity contribution >= 4 is 45.3 Å². The molecular weight excluding hydrogens is 308 g/mol. The van der Waals surface area contributed by atoms with Crippen LogP contribution in [0.15, 0.2) is 34.3 Å². The average molecular weight is 324 g/mol. The van der Waals surface area contributed by atoms with Crippen molar-refractivity contribution in [3.05, 3.63) is 35.4 Å². The number of nitrogens with zero attached hydrogens (tertiary/aromatic N) is 2. The molecule has 110 valence electrons. The van der Waals surface area contributed by atoms with Gasteiger partial charge in [-0.3, -0.25) is 0 Å². The van der Waals surface area contributed by atoms with Crippen molar-refractivity contribution in [1.82, 2.24) is 9.97 Å². The zero-order valence-corrected chi connectivity index (χ0v) is 13.9. The minimum atomic E-state index is 1.08. The Morgan fingerprint density at radius 1 is 0.727 bits per heavy atom. The van der Waals surface area contributed by atoms with E-state index in [0.717, 1.165) is 23.9 Å². The van der Waals surface area contributed by atoms with Gasteiger partial charge < -0.3 is 0 Å². The highest BCUT2D eigenvalue weighted by molar-refractivity contribution is 7.99. The predicted molar refractivity (Wildman–Crippen MR) is 95.1 cm³/mol. The van der Waals surface area contributed by atoms with Crippen LogP contribution in [-0.4, -0.2) is 21.5 Å². The highest BCUT2D eigenvalue weighted by atomic mass is 32.2. The van der Waals surface area contributed by atoms with Gasteiger partial charge in [-0.05, 0) is 60.4 Å². The Morgan fingerprint density at radius 3 is 1.73 bits per heavy atom. The van der Waals surface area contributed by atoms with Crippen molar-refractivity contribution < 1.29 is 0 Å². The normalized spacial score (nSPS) is 17.5. The monoisotopic (exact) mass is 324 g/mol. The number of thioether (sulfide) groups is 2. The third-order valence-electron chi connectivity index (χ3n) is 4.51. The van der Waals surface area contributed by atoms with E-state index in [0.29, 0.717) is 0 Å². The summed E-state index contributed by atoms with van der Waals surface area (Å²) < 4.78 is 0. The molecule has 2 aromatic heterocycles. The first-order valence-electron chi connectivity index (χ1n) is 7.90. The molecule has 0 unspecified atom stereocenters. The number of aromatic nitrogens is 2. The SMILES string of the molecule is c1cc2cc3c(nc2c2nc4c(cc12)CCCS4)SCCC3. The second-order valence-corrected chi connectivity index (χ2v) is 8.19.